The molecule has 0 aromatic heterocycles. The van der Waals surface area contributed by atoms with Gasteiger partial charge in [-0.25, -0.2) is 0 Å². The van der Waals surface area contributed by atoms with E-state index in [1.807, 2.05) is 11.8 Å². The van der Waals surface area contributed by atoms with Gasteiger partial charge in [0.05, 0.1) is 6.54 Å². The van der Waals surface area contributed by atoms with Crippen molar-refractivity contribution < 1.29 is 0 Å². The summed E-state index contributed by atoms with van der Waals surface area (Å²) in [6.07, 6.45) is 12.8. The molecule has 1 rings (SSSR count). The summed E-state index contributed by atoms with van der Waals surface area (Å²) < 4.78 is 0. The van der Waals surface area contributed by atoms with E-state index in [4.69, 9.17) is 6.42 Å². The smallest absolute Gasteiger partial charge is 0.0576 e. The molecule has 0 spiro atoms. The van der Waals surface area contributed by atoms with E-state index >= 15 is 0 Å². The fraction of sp³-hybridized carbons (Fsp3) is 0.800. The molecule has 0 aliphatic heterocycles. The van der Waals surface area contributed by atoms with Crippen molar-refractivity contribution in [3.63, 3.8) is 0 Å². The van der Waals surface area contributed by atoms with E-state index in [-0.39, 0.29) is 0 Å². The van der Waals surface area contributed by atoms with Crippen LogP contribution in [0.4, 0.5) is 0 Å². The minimum absolute atomic E-state index is 0.657. The molecule has 0 radical (unpaired) electrons. The van der Waals surface area contributed by atoms with Gasteiger partial charge in [0.2, 0.25) is 0 Å². The van der Waals surface area contributed by atoms with Gasteiger partial charge in [0.1, 0.15) is 0 Å². The monoisotopic (exact) mass is 183 g/mol. The summed E-state index contributed by atoms with van der Waals surface area (Å²) in [4.78, 5) is 0. The number of rotatable bonds is 3. The third kappa shape index (κ3) is 2.73. The minimum Gasteiger partial charge on any atom is -0.302 e. The molecule has 2 heteroatoms. The van der Waals surface area contributed by atoms with Crippen LogP contribution in [0.3, 0.4) is 0 Å². The zero-order valence-electron chi connectivity index (χ0n) is 7.68. The zero-order chi connectivity index (χ0) is 8.81. The Bertz CT molecular complexity index is 162. The molecule has 0 aromatic carbocycles. The largest absolute Gasteiger partial charge is 0.302 e. The third-order valence-electron chi connectivity index (χ3n) is 2.47. The van der Waals surface area contributed by atoms with Crippen molar-refractivity contribution in [2.75, 3.05) is 12.8 Å². The summed E-state index contributed by atoms with van der Waals surface area (Å²) >= 11 is 1.97. The zero-order valence-corrected chi connectivity index (χ0v) is 8.49. The van der Waals surface area contributed by atoms with Gasteiger partial charge in [0.15, 0.2) is 0 Å². The van der Waals surface area contributed by atoms with Crippen molar-refractivity contribution in [3.05, 3.63) is 0 Å². The van der Waals surface area contributed by atoms with Crippen LogP contribution in [0.5, 0.6) is 0 Å². The first kappa shape index (κ1) is 9.95. The van der Waals surface area contributed by atoms with Gasteiger partial charge in [-0.2, -0.15) is 11.8 Å². The van der Waals surface area contributed by atoms with Crippen LogP contribution in [0.25, 0.3) is 0 Å². The summed E-state index contributed by atoms with van der Waals surface area (Å²) in [7, 11) is 0. The molecule has 1 N–H and O–H groups in total. The van der Waals surface area contributed by atoms with Gasteiger partial charge in [-0.3, -0.25) is 0 Å². The maximum Gasteiger partial charge on any atom is 0.0576 e. The summed E-state index contributed by atoms with van der Waals surface area (Å²) in [5.41, 5.74) is 0. The highest BCUT2D eigenvalue weighted by Gasteiger charge is 2.22. The molecule has 0 aromatic rings. The second-order valence-corrected chi connectivity index (χ2v) is 4.33. The number of hydrogen-bond acceptors (Lipinski definition) is 2. The van der Waals surface area contributed by atoms with E-state index in [0.717, 1.165) is 11.8 Å². The third-order valence-corrected chi connectivity index (χ3v) is 3.64. The van der Waals surface area contributed by atoms with Crippen LogP contribution >= 0.6 is 11.8 Å². The van der Waals surface area contributed by atoms with Crippen LogP contribution < -0.4 is 5.32 Å². The lowest BCUT2D eigenvalue weighted by molar-refractivity contribution is 0.398. The molecular formula is C10H17NS. The fourth-order valence-corrected chi connectivity index (χ4v) is 2.77. The Morgan fingerprint density at radius 1 is 1.50 bits per heavy atom. The van der Waals surface area contributed by atoms with Gasteiger partial charge in [-0.05, 0) is 19.1 Å². The van der Waals surface area contributed by atoms with Crippen molar-refractivity contribution in [1.29, 1.82) is 0 Å². The highest BCUT2D eigenvalue weighted by atomic mass is 32.2. The molecule has 1 saturated carbocycles. The predicted octanol–water partition coefficient (Wildman–Crippen LogP) is 1.88. The second-order valence-electron chi connectivity index (χ2n) is 3.25. The number of hydrogen-bond donors (Lipinski definition) is 1. The average molecular weight is 183 g/mol. The van der Waals surface area contributed by atoms with Gasteiger partial charge in [-0.15, -0.1) is 6.42 Å². The number of nitrogens with one attached hydrogen (secondary N) is 1. The quantitative estimate of drug-likeness (QED) is 0.671. The maximum atomic E-state index is 5.21. The number of thioether (sulfide) groups is 1. The van der Waals surface area contributed by atoms with Gasteiger partial charge in [0.25, 0.3) is 0 Å². The van der Waals surface area contributed by atoms with Crippen LogP contribution in [0.15, 0.2) is 0 Å². The molecule has 68 valence electrons. The lowest BCUT2D eigenvalue weighted by atomic mass is 9.95. The maximum absolute atomic E-state index is 5.21. The Morgan fingerprint density at radius 3 is 2.92 bits per heavy atom. The van der Waals surface area contributed by atoms with Crippen molar-refractivity contribution in [2.45, 2.75) is 37.0 Å². The molecule has 2 unspecified atom stereocenters. The van der Waals surface area contributed by atoms with E-state index < -0.39 is 0 Å². The summed E-state index contributed by atoms with van der Waals surface area (Å²) in [6.45, 7) is 0.724. The van der Waals surface area contributed by atoms with Crippen LogP contribution in [0.2, 0.25) is 0 Å². The molecule has 1 fully saturated rings. The molecule has 12 heavy (non-hydrogen) atoms. The van der Waals surface area contributed by atoms with E-state index in [2.05, 4.69) is 17.5 Å². The SMILES string of the molecule is C#CCNC1CCCCC1SC. The van der Waals surface area contributed by atoms with Crippen LogP contribution in [0, 0.1) is 12.3 Å². The van der Waals surface area contributed by atoms with Crippen molar-refractivity contribution in [2.24, 2.45) is 0 Å². The molecular weight excluding hydrogens is 166 g/mol. The van der Waals surface area contributed by atoms with E-state index in [1.54, 1.807) is 0 Å². The molecule has 1 nitrogen and oxygen atoms in total. The van der Waals surface area contributed by atoms with Crippen LogP contribution in [0.1, 0.15) is 25.7 Å². The van der Waals surface area contributed by atoms with Crippen LogP contribution in [-0.4, -0.2) is 24.1 Å². The topological polar surface area (TPSA) is 12.0 Å². The van der Waals surface area contributed by atoms with E-state index in [9.17, 15) is 0 Å². The lowest BCUT2D eigenvalue weighted by Crippen LogP contribution is -2.40. The molecule has 2 atom stereocenters. The molecule has 1 aliphatic rings. The Balaban J connectivity index is 2.32. The van der Waals surface area contributed by atoms with Crippen molar-refractivity contribution in [3.8, 4) is 12.3 Å². The lowest BCUT2D eigenvalue weighted by Gasteiger charge is -2.30. The Labute approximate surface area is 79.7 Å². The summed E-state index contributed by atoms with van der Waals surface area (Å²) in [6, 6.07) is 0.657. The Hall–Kier alpha value is -0.130. The van der Waals surface area contributed by atoms with Gasteiger partial charge in [-0.1, -0.05) is 18.8 Å². The first-order valence-electron chi connectivity index (χ1n) is 4.58. The second kappa shape index (κ2) is 5.50. The van der Waals surface area contributed by atoms with Crippen LogP contribution in [-0.2, 0) is 0 Å². The minimum atomic E-state index is 0.657. The Kier molecular flexibility index (Phi) is 4.57. The van der Waals surface area contributed by atoms with Crippen molar-refractivity contribution in [1.82, 2.24) is 5.32 Å². The first-order chi connectivity index (χ1) is 5.88. The molecule has 0 bridgehead atoms. The molecule has 0 heterocycles. The van der Waals surface area contributed by atoms with Gasteiger partial charge in [0, 0.05) is 11.3 Å². The highest BCUT2D eigenvalue weighted by molar-refractivity contribution is 7.99. The molecule has 0 amide bonds. The predicted molar refractivity (Wildman–Crippen MR) is 56.4 cm³/mol. The van der Waals surface area contributed by atoms with Crippen molar-refractivity contribution >= 4 is 11.8 Å². The molecule has 1 aliphatic carbocycles. The number of terminal acetylenes is 1. The first-order valence-corrected chi connectivity index (χ1v) is 5.87. The standard InChI is InChI=1S/C10H17NS/c1-3-8-11-9-6-4-5-7-10(9)12-2/h1,9-11H,4-8H2,2H3. The normalized spacial score (nSPS) is 29.7. The summed E-state index contributed by atoms with van der Waals surface area (Å²) in [5.74, 6) is 2.64. The van der Waals surface area contributed by atoms with E-state index in [1.165, 1.54) is 25.7 Å². The Morgan fingerprint density at radius 2 is 2.25 bits per heavy atom. The van der Waals surface area contributed by atoms with E-state index in [0.29, 0.717) is 6.04 Å². The van der Waals surface area contributed by atoms with Gasteiger partial charge < -0.3 is 5.32 Å². The average Bonchev–Trinajstić information content (AvgIpc) is 2.15. The molecule has 0 saturated heterocycles. The fourth-order valence-electron chi connectivity index (χ4n) is 1.80. The summed E-state index contributed by atoms with van der Waals surface area (Å²) in [5, 5.41) is 4.20. The highest BCUT2D eigenvalue weighted by Crippen LogP contribution is 2.26. The van der Waals surface area contributed by atoms with Gasteiger partial charge >= 0.3 is 0 Å².